The number of amides is 2. The van der Waals surface area contributed by atoms with Crippen LogP contribution in [0.15, 0.2) is 104 Å². The zero-order valence-electron chi connectivity index (χ0n) is 41.9. The molecule has 16 heteroatoms. The molecule has 3 atom stereocenters. The Kier molecular flexibility index (Phi) is 21.1. The van der Waals surface area contributed by atoms with Gasteiger partial charge in [0.25, 0.3) is 0 Å². The first-order valence-corrected chi connectivity index (χ1v) is 24.9. The second-order valence-electron chi connectivity index (χ2n) is 18.7. The van der Waals surface area contributed by atoms with Crippen LogP contribution < -0.4 is 25.6 Å². The number of ether oxygens (including phenoxy) is 7. The van der Waals surface area contributed by atoms with Crippen LogP contribution in [0.2, 0.25) is 0 Å². The molecule has 1 saturated heterocycles. The predicted molar refractivity (Wildman–Crippen MR) is 276 cm³/mol. The molecular formula is C55H73N7O9. The maximum atomic E-state index is 13.9. The molecule has 0 unspecified atom stereocenters. The predicted octanol–water partition coefficient (Wildman–Crippen LogP) is 5.63. The van der Waals surface area contributed by atoms with E-state index in [0.717, 1.165) is 63.4 Å². The van der Waals surface area contributed by atoms with E-state index in [1.54, 1.807) is 13.3 Å². The molecule has 2 aliphatic heterocycles. The third-order valence-corrected chi connectivity index (χ3v) is 12.7. The van der Waals surface area contributed by atoms with Crippen molar-refractivity contribution in [2.75, 3.05) is 136 Å². The molecule has 5 aromatic rings. The van der Waals surface area contributed by atoms with Crippen LogP contribution >= 0.6 is 0 Å². The summed E-state index contributed by atoms with van der Waals surface area (Å²) in [5.74, 6) is 0.440. The third-order valence-electron chi connectivity index (χ3n) is 12.7. The Morgan fingerprint density at radius 3 is 2.23 bits per heavy atom. The second-order valence-corrected chi connectivity index (χ2v) is 18.7. The Morgan fingerprint density at radius 1 is 0.803 bits per heavy atom. The largest absolute Gasteiger partial charge is 0.491 e. The van der Waals surface area contributed by atoms with Gasteiger partial charge in [-0.05, 0) is 59.3 Å². The number of carbonyl (C=O) groups is 2. The van der Waals surface area contributed by atoms with Gasteiger partial charge in [0.05, 0.1) is 96.5 Å². The van der Waals surface area contributed by atoms with E-state index < -0.39 is 0 Å². The molecule has 3 aromatic carbocycles. The number of fused-ring (bicyclic) bond motifs is 2. The van der Waals surface area contributed by atoms with Gasteiger partial charge in [-0.3, -0.25) is 24.5 Å². The molecule has 0 spiro atoms. The Morgan fingerprint density at radius 2 is 1.49 bits per heavy atom. The first kappa shape index (κ1) is 53.4. The number of hydrogen-bond acceptors (Lipinski definition) is 14. The number of rotatable bonds is 30. The second kappa shape index (κ2) is 28.0. The molecule has 3 N–H and O–H groups in total. The van der Waals surface area contributed by atoms with Crippen molar-refractivity contribution in [3.63, 3.8) is 0 Å². The van der Waals surface area contributed by atoms with Crippen molar-refractivity contribution in [2.45, 2.75) is 50.6 Å². The van der Waals surface area contributed by atoms with Gasteiger partial charge in [0.1, 0.15) is 12.4 Å². The molecule has 1 fully saturated rings. The number of pyridine rings is 2. The number of methoxy groups -OCH3 is 1. The van der Waals surface area contributed by atoms with Gasteiger partial charge in [0.15, 0.2) is 0 Å². The minimum atomic E-state index is -0.365. The lowest BCUT2D eigenvalue weighted by Crippen LogP contribution is -2.59. The van der Waals surface area contributed by atoms with Gasteiger partial charge in [-0.1, -0.05) is 68.4 Å². The van der Waals surface area contributed by atoms with Crippen molar-refractivity contribution >= 4 is 34.0 Å². The maximum absolute atomic E-state index is 13.9. The lowest BCUT2D eigenvalue weighted by Gasteiger charge is -2.39. The Balaban J connectivity index is 0.700. The van der Waals surface area contributed by atoms with Gasteiger partial charge in [-0.2, -0.15) is 0 Å². The van der Waals surface area contributed by atoms with Gasteiger partial charge >= 0.3 is 0 Å². The summed E-state index contributed by atoms with van der Waals surface area (Å²) in [4.78, 5) is 40.6. The van der Waals surface area contributed by atoms with E-state index in [1.807, 2.05) is 90.1 Å². The summed E-state index contributed by atoms with van der Waals surface area (Å²) in [7, 11) is 1.71. The first-order valence-electron chi connectivity index (χ1n) is 24.9. The Bertz CT molecular complexity index is 2410. The van der Waals surface area contributed by atoms with E-state index >= 15 is 0 Å². The van der Waals surface area contributed by atoms with Crippen molar-refractivity contribution in [3.8, 4) is 5.75 Å². The van der Waals surface area contributed by atoms with Gasteiger partial charge in [-0.25, -0.2) is 0 Å². The van der Waals surface area contributed by atoms with Gasteiger partial charge in [0, 0.05) is 93.4 Å². The van der Waals surface area contributed by atoms with Crippen molar-refractivity contribution in [2.24, 2.45) is 0 Å². The molecule has 0 radical (unpaired) electrons. The minimum absolute atomic E-state index is 0.0745. The summed E-state index contributed by atoms with van der Waals surface area (Å²) in [5, 5.41) is 12.0. The van der Waals surface area contributed by atoms with Gasteiger partial charge < -0.3 is 54.0 Å². The minimum Gasteiger partial charge on any atom is -0.491 e. The Hall–Kier alpha value is -5.40. The maximum Gasteiger partial charge on any atom is 0.241 e. The molecule has 71 heavy (non-hydrogen) atoms. The monoisotopic (exact) mass is 976 g/mol. The number of para-hydroxylation sites is 1. The molecule has 0 saturated carbocycles. The Labute approximate surface area is 419 Å². The van der Waals surface area contributed by atoms with Crippen molar-refractivity contribution < 1.29 is 42.7 Å². The average molecular weight is 976 g/mol. The highest BCUT2D eigenvalue weighted by Gasteiger charge is 2.40. The van der Waals surface area contributed by atoms with E-state index in [9.17, 15) is 9.59 Å². The quantitative estimate of drug-likeness (QED) is 0.0485. The summed E-state index contributed by atoms with van der Waals surface area (Å²) in [6.45, 7) is 15.6. The average Bonchev–Trinajstić information content (AvgIpc) is 3.65. The summed E-state index contributed by atoms with van der Waals surface area (Å²) in [5.41, 5.74) is 5.34. The summed E-state index contributed by atoms with van der Waals surface area (Å²) in [6.07, 6.45) is 6.11. The third kappa shape index (κ3) is 16.3. The highest BCUT2D eigenvalue weighted by molar-refractivity contribution is 5.98. The first-order chi connectivity index (χ1) is 34.7. The number of piperazine rings is 1. The fourth-order valence-corrected chi connectivity index (χ4v) is 8.97. The molecule has 0 aliphatic carbocycles. The van der Waals surface area contributed by atoms with Crippen LogP contribution in [0.3, 0.4) is 0 Å². The number of benzene rings is 3. The van der Waals surface area contributed by atoms with E-state index in [2.05, 4.69) is 58.7 Å². The summed E-state index contributed by atoms with van der Waals surface area (Å²) in [6, 6.07) is 28.2. The molecule has 2 amide bonds. The van der Waals surface area contributed by atoms with Crippen LogP contribution in [-0.4, -0.2) is 164 Å². The number of carbonyl (C=O) groups excluding carboxylic acids is 2. The molecular weight excluding hydrogens is 903 g/mol. The summed E-state index contributed by atoms with van der Waals surface area (Å²) >= 11 is 0. The highest BCUT2D eigenvalue weighted by atomic mass is 16.6. The van der Waals surface area contributed by atoms with E-state index in [-0.39, 0.29) is 29.2 Å². The lowest BCUT2D eigenvalue weighted by molar-refractivity contribution is -0.121. The van der Waals surface area contributed by atoms with Gasteiger partial charge in [-0.15, -0.1) is 0 Å². The number of aromatic nitrogens is 2. The molecule has 7 rings (SSSR count). The molecule has 16 nitrogen and oxygen atoms in total. The van der Waals surface area contributed by atoms with E-state index in [1.165, 1.54) is 0 Å². The van der Waals surface area contributed by atoms with Crippen molar-refractivity contribution in [1.82, 2.24) is 25.5 Å². The van der Waals surface area contributed by atoms with Crippen LogP contribution in [0.4, 0.5) is 11.4 Å². The molecule has 382 valence electrons. The zero-order chi connectivity index (χ0) is 49.7. The molecule has 2 aromatic heterocycles. The number of nitrogens with zero attached hydrogens (tertiary/aromatic N) is 4. The number of nitrogens with one attached hydrogen (secondary N) is 3. The van der Waals surface area contributed by atoms with Crippen molar-refractivity contribution in [3.05, 3.63) is 126 Å². The number of hydrogen-bond donors (Lipinski definition) is 3. The van der Waals surface area contributed by atoms with Crippen molar-refractivity contribution in [1.29, 1.82) is 0 Å². The van der Waals surface area contributed by atoms with E-state index in [0.29, 0.717) is 118 Å². The standard InChI is InChI=1S/C55H73N7O9/c1-41-37-61(48(35-58-41)39-65-4)38-52(63)62-40-55(2,3)53-50(62)31-42(33-59-53)30-45-12-8-9-13-51(45)71-29-28-70-27-26-69-25-24-68-23-22-67-21-20-66-19-18-57-36-49(43-10-6-5-7-11-43)54(64)60-47-15-14-46-34-56-17-16-44(46)32-47/h5-17,31-34,41,48-49,57-58H,18-30,35-40H2,1-4H3,(H,60,64)/t41-,48-,49-/m1/s1. The van der Waals surface area contributed by atoms with Crippen LogP contribution in [0, 0.1) is 0 Å². The fraction of sp³-hybridized carbons (Fsp3) is 0.491. The normalized spacial score (nSPS) is 17.0. The smallest absolute Gasteiger partial charge is 0.241 e. The topological polar surface area (TPSA) is 167 Å². The lowest BCUT2D eigenvalue weighted by atomic mass is 9.91. The molecule has 0 bridgehead atoms. The zero-order valence-corrected chi connectivity index (χ0v) is 41.9. The van der Waals surface area contributed by atoms with Crippen LogP contribution in [0.25, 0.3) is 10.8 Å². The van der Waals surface area contributed by atoms with E-state index in [4.69, 9.17) is 38.1 Å². The summed E-state index contributed by atoms with van der Waals surface area (Å²) < 4.78 is 40.1. The highest BCUT2D eigenvalue weighted by Crippen LogP contribution is 2.40. The van der Waals surface area contributed by atoms with Crippen LogP contribution in [0.5, 0.6) is 5.75 Å². The fourth-order valence-electron chi connectivity index (χ4n) is 8.97. The van der Waals surface area contributed by atoms with Crippen LogP contribution in [0.1, 0.15) is 49.1 Å². The SMILES string of the molecule is COC[C@H]1CN[C@H](C)CN1CC(=O)N1CC(C)(C)c2ncc(Cc3ccccc3OCCOCCOCCOCCOCCOCCNC[C@@H](C(=O)Nc3ccc4cnccc4c3)c3ccccc3)cc21. The van der Waals surface area contributed by atoms with Gasteiger partial charge in [0.2, 0.25) is 11.8 Å². The molecule has 4 heterocycles. The van der Waals surface area contributed by atoms with Crippen LogP contribution in [-0.2, 0) is 49.8 Å². The molecule has 2 aliphatic rings. The number of anilines is 2.